The molecule has 6 heteroatoms. The fraction of sp³-hybridized carbons (Fsp3) is 0.143. The van der Waals surface area contributed by atoms with E-state index in [-0.39, 0.29) is 5.88 Å². The van der Waals surface area contributed by atoms with E-state index in [4.69, 9.17) is 21.4 Å². The highest BCUT2D eigenvalue weighted by atomic mass is 35.5. The van der Waals surface area contributed by atoms with Gasteiger partial charge in [0.1, 0.15) is 11.3 Å². The van der Waals surface area contributed by atoms with Crippen molar-refractivity contribution in [3.8, 4) is 11.6 Å². The van der Waals surface area contributed by atoms with Gasteiger partial charge in [-0.1, -0.05) is 18.5 Å². The maximum Gasteiger partial charge on any atom is 0.338 e. The quantitative estimate of drug-likeness (QED) is 0.928. The zero-order valence-electron chi connectivity index (χ0n) is 10.6. The number of carboxylic acids is 1. The van der Waals surface area contributed by atoms with E-state index in [0.29, 0.717) is 17.2 Å². The predicted molar refractivity (Wildman–Crippen MR) is 72.1 cm³/mol. The van der Waals surface area contributed by atoms with E-state index in [0.717, 1.165) is 11.6 Å². The van der Waals surface area contributed by atoms with E-state index in [1.54, 1.807) is 18.2 Å². The summed E-state index contributed by atoms with van der Waals surface area (Å²) in [4.78, 5) is 14.5. The van der Waals surface area contributed by atoms with Crippen molar-refractivity contribution in [3.63, 3.8) is 0 Å². The minimum absolute atomic E-state index is 0.347. The number of benzene rings is 1. The summed E-state index contributed by atoms with van der Waals surface area (Å²) in [5, 5.41) is 9.42. The molecule has 0 radical (unpaired) electrons. The van der Waals surface area contributed by atoms with E-state index in [1.165, 1.54) is 6.20 Å². The SMILES string of the molecule is CCc1cc(Oc2nccc(C(=O)O)c2F)ccc1Cl. The maximum absolute atomic E-state index is 13.9. The number of carbonyl (C=O) groups is 1. The van der Waals surface area contributed by atoms with E-state index < -0.39 is 17.3 Å². The van der Waals surface area contributed by atoms with Gasteiger partial charge in [-0.3, -0.25) is 0 Å². The lowest BCUT2D eigenvalue weighted by atomic mass is 10.1. The van der Waals surface area contributed by atoms with Crippen molar-refractivity contribution >= 4 is 17.6 Å². The Morgan fingerprint density at radius 1 is 1.45 bits per heavy atom. The van der Waals surface area contributed by atoms with Crippen molar-refractivity contribution in [2.24, 2.45) is 0 Å². The van der Waals surface area contributed by atoms with E-state index in [1.807, 2.05) is 6.92 Å². The first-order valence-electron chi connectivity index (χ1n) is 5.87. The van der Waals surface area contributed by atoms with Crippen molar-refractivity contribution in [1.82, 2.24) is 4.98 Å². The standard InChI is InChI=1S/C14H11ClFNO3/c1-2-8-7-9(3-4-11(8)15)20-13-12(16)10(14(18)19)5-6-17-13/h3-7H,2H2,1H3,(H,18,19). The molecule has 2 rings (SSSR count). The Morgan fingerprint density at radius 2 is 2.20 bits per heavy atom. The molecular formula is C14H11ClFNO3. The molecule has 4 nitrogen and oxygen atoms in total. The summed E-state index contributed by atoms with van der Waals surface area (Å²) >= 11 is 5.97. The molecule has 20 heavy (non-hydrogen) atoms. The van der Waals surface area contributed by atoms with Crippen LogP contribution in [0.1, 0.15) is 22.8 Å². The fourth-order valence-electron chi connectivity index (χ4n) is 1.66. The maximum atomic E-state index is 13.9. The first kappa shape index (κ1) is 14.3. The van der Waals surface area contributed by atoms with E-state index in [9.17, 15) is 9.18 Å². The van der Waals surface area contributed by atoms with Gasteiger partial charge in [-0.15, -0.1) is 0 Å². The molecule has 0 bridgehead atoms. The number of hydrogen-bond donors (Lipinski definition) is 1. The number of nitrogens with zero attached hydrogens (tertiary/aromatic N) is 1. The number of halogens is 2. The van der Waals surface area contributed by atoms with Crippen molar-refractivity contribution in [2.45, 2.75) is 13.3 Å². The molecule has 104 valence electrons. The van der Waals surface area contributed by atoms with Crippen LogP contribution in [0.2, 0.25) is 5.02 Å². The van der Waals surface area contributed by atoms with Crippen molar-refractivity contribution < 1.29 is 19.0 Å². The molecule has 0 saturated carbocycles. The Labute approximate surface area is 119 Å². The summed E-state index contributed by atoms with van der Waals surface area (Å²) in [6.45, 7) is 1.93. The van der Waals surface area contributed by atoms with Crippen LogP contribution in [-0.4, -0.2) is 16.1 Å². The smallest absolute Gasteiger partial charge is 0.338 e. The molecular weight excluding hydrogens is 285 g/mol. The molecule has 0 spiro atoms. The molecule has 0 saturated heterocycles. The number of aryl methyl sites for hydroxylation is 1. The number of ether oxygens (including phenoxy) is 1. The van der Waals surface area contributed by atoms with Crippen LogP contribution in [0.25, 0.3) is 0 Å². The first-order valence-corrected chi connectivity index (χ1v) is 6.24. The molecule has 1 aromatic carbocycles. The fourth-order valence-corrected chi connectivity index (χ4v) is 1.91. The van der Waals surface area contributed by atoms with E-state index >= 15 is 0 Å². The lowest BCUT2D eigenvalue weighted by Gasteiger charge is -2.09. The monoisotopic (exact) mass is 295 g/mol. The van der Waals surface area contributed by atoms with Gasteiger partial charge < -0.3 is 9.84 Å². The molecule has 0 aliphatic heterocycles. The van der Waals surface area contributed by atoms with Gasteiger partial charge in [-0.05, 0) is 36.2 Å². The topological polar surface area (TPSA) is 59.4 Å². The van der Waals surface area contributed by atoms with Crippen LogP contribution in [0, 0.1) is 5.82 Å². The Balaban J connectivity index is 2.35. The van der Waals surface area contributed by atoms with Gasteiger partial charge in [0, 0.05) is 11.2 Å². The molecule has 0 amide bonds. The Hall–Kier alpha value is -2.14. The van der Waals surface area contributed by atoms with Gasteiger partial charge in [-0.2, -0.15) is 0 Å². The summed E-state index contributed by atoms with van der Waals surface area (Å²) in [7, 11) is 0. The molecule has 0 fully saturated rings. The summed E-state index contributed by atoms with van der Waals surface area (Å²) in [6.07, 6.45) is 1.87. The van der Waals surface area contributed by atoms with Gasteiger partial charge in [0.15, 0.2) is 5.82 Å². The van der Waals surface area contributed by atoms with Gasteiger partial charge in [0.2, 0.25) is 0 Å². The van der Waals surface area contributed by atoms with Crippen LogP contribution in [0.15, 0.2) is 30.5 Å². The van der Waals surface area contributed by atoms with Crippen LogP contribution in [-0.2, 0) is 6.42 Å². The number of aromatic carboxylic acids is 1. The zero-order chi connectivity index (χ0) is 14.7. The minimum Gasteiger partial charge on any atom is -0.478 e. The van der Waals surface area contributed by atoms with Crippen LogP contribution in [0.5, 0.6) is 11.6 Å². The summed E-state index contributed by atoms with van der Waals surface area (Å²) < 4.78 is 19.2. The number of rotatable bonds is 4. The second kappa shape index (κ2) is 5.88. The molecule has 1 heterocycles. The highest BCUT2D eigenvalue weighted by Crippen LogP contribution is 2.28. The normalized spacial score (nSPS) is 10.3. The number of pyridine rings is 1. The van der Waals surface area contributed by atoms with Crippen molar-refractivity contribution in [1.29, 1.82) is 0 Å². The average molecular weight is 296 g/mol. The third kappa shape index (κ3) is 2.88. The summed E-state index contributed by atoms with van der Waals surface area (Å²) in [6, 6.07) is 5.94. The predicted octanol–water partition coefficient (Wildman–Crippen LogP) is 3.93. The van der Waals surface area contributed by atoms with E-state index in [2.05, 4.69) is 4.98 Å². The second-order valence-corrected chi connectivity index (χ2v) is 4.40. The Kier molecular flexibility index (Phi) is 4.20. The van der Waals surface area contributed by atoms with Gasteiger partial charge in [-0.25, -0.2) is 14.2 Å². The van der Waals surface area contributed by atoms with Crippen LogP contribution in [0.4, 0.5) is 4.39 Å². The molecule has 2 aromatic rings. The largest absolute Gasteiger partial charge is 0.478 e. The molecule has 0 unspecified atom stereocenters. The number of hydrogen-bond acceptors (Lipinski definition) is 3. The molecule has 1 N–H and O–H groups in total. The summed E-state index contributed by atoms with van der Waals surface area (Å²) in [5.41, 5.74) is 0.360. The highest BCUT2D eigenvalue weighted by molar-refractivity contribution is 6.31. The van der Waals surface area contributed by atoms with Crippen molar-refractivity contribution in [3.05, 3.63) is 52.4 Å². The van der Waals surface area contributed by atoms with Crippen molar-refractivity contribution in [2.75, 3.05) is 0 Å². The van der Waals surface area contributed by atoms with Gasteiger partial charge >= 0.3 is 5.97 Å². The first-order chi connectivity index (χ1) is 9.52. The van der Waals surface area contributed by atoms with Crippen LogP contribution in [0.3, 0.4) is 0 Å². The number of aromatic nitrogens is 1. The molecule has 0 aliphatic carbocycles. The molecule has 0 atom stereocenters. The minimum atomic E-state index is -1.37. The number of carboxylic acid groups (broad SMARTS) is 1. The highest BCUT2D eigenvalue weighted by Gasteiger charge is 2.17. The average Bonchev–Trinajstić information content (AvgIpc) is 2.42. The second-order valence-electron chi connectivity index (χ2n) is 3.99. The lowest BCUT2D eigenvalue weighted by molar-refractivity contribution is 0.0690. The summed E-state index contributed by atoms with van der Waals surface area (Å²) in [5.74, 6) is -2.41. The molecule has 1 aromatic heterocycles. The Bertz CT molecular complexity index is 661. The Morgan fingerprint density at radius 3 is 2.85 bits per heavy atom. The third-order valence-corrected chi connectivity index (χ3v) is 3.07. The van der Waals surface area contributed by atoms with Crippen LogP contribution < -0.4 is 4.74 Å². The van der Waals surface area contributed by atoms with Gasteiger partial charge in [0.05, 0.1) is 0 Å². The zero-order valence-corrected chi connectivity index (χ0v) is 11.3. The molecule has 0 aliphatic rings. The van der Waals surface area contributed by atoms with Crippen LogP contribution >= 0.6 is 11.6 Å². The van der Waals surface area contributed by atoms with Gasteiger partial charge in [0.25, 0.3) is 5.88 Å². The lowest BCUT2D eigenvalue weighted by Crippen LogP contribution is -2.03. The third-order valence-electron chi connectivity index (χ3n) is 2.70.